The summed E-state index contributed by atoms with van der Waals surface area (Å²) in [6, 6.07) is -0.375. The summed E-state index contributed by atoms with van der Waals surface area (Å²) < 4.78 is 5.51. The number of carbonyl (C=O) groups is 2. The van der Waals surface area contributed by atoms with Gasteiger partial charge in [0.05, 0.1) is 12.1 Å². The van der Waals surface area contributed by atoms with Crippen LogP contribution in [0.4, 0.5) is 0 Å². The maximum atomic E-state index is 12.6. The van der Waals surface area contributed by atoms with Crippen molar-refractivity contribution in [2.24, 2.45) is 5.92 Å². The normalized spacial score (nSPS) is 32.6. The summed E-state index contributed by atoms with van der Waals surface area (Å²) in [6.07, 6.45) is 2.54. The molecule has 1 N–H and O–H groups in total. The molecule has 0 aromatic rings. The molecule has 2 fully saturated rings. The van der Waals surface area contributed by atoms with Crippen molar-refractivity contribution in [2.75, 3.05) is 19.8 Å². The summed E-state index contributed by atoms with van der Waals surface area (Å²) in [5.41, 5.74) is -0.331. The summed E-state index contributed by atoms with van der Waals surface area (Å²) in [4.78, 5) is 26.2. The van der Waals surface area contributed by atoms with Crippen LogP contribution in [0.5, 0.6) is 0 Å². The summed E-state index contributed by atoms with van der Waals surface area (Å²) >= 11 is 0. The third-order valence-electron chi connectivity index (χ3n) is 3.98. The Kier molecular flexibility index (Phi) is 4.13. The molecule has 5 heteroatoms. The van der Waals surface area contributed by atoms with E-state index in [1.807, 2.05) is 6.92 Å². The van der Waals surface area contributed by atoms with Crippen molar-refractivity contribution in [2.45, 2.75) is 51.6 Å². The number of nitrogens with zero attached hydrogens (tertiary/aromatic N) is 1. The molecule has 2 aliphatic rings. The fourth-order valence-electron chi connectivity index (χ4n) is 2.93. The van der Waals surface area contributed by atoms with Gasteiger partial charge in [0, 0.05) is 6.61 Å². The fourth-order valence-corrected chi connectivity index (χ4v) is 2.93. The molecule has 0 radical (unpaired) electrons. The molecule has 0 bridgehead atoms. The van der Waals surface area contributed by atoms with Crippen molar-refractivity contribution in [3.8, 4) is 0 Å². The molecule has 2 saturated heterocycles. The van der Waals surface area contributed by atoms with E-state index in [2.05, 4.69) is 19.2 Å². The van der Waals surface area contributed by atoms with Crippen LogP contribution in [0.1, 0.15) is 40.0 Å². The zero-order valence-electron chi connectivity index (χ0n) is 12.1. The largest absolute Gasteiger partial charge is 0.379 e. The van der Waals surface area contributed by atoms with Gasteiger partial charge in [-0.15, -0.1) is 0 Å². The van der Waals surface area contributed by atoms with E-state index < -0.39 is 0 Å². The van der Waals surface area contributed by atoms with Crippen LogP contribution in [0.2, 0.25) is 0 Å². The zero-order valence-corrected chi connectivity index (χ0v) is 12.1. The van der Waals surface area contributed by atoms with Crippen LogP contribution in [0.25, 0.3) is 0 Å². The van der Waals surface area contributed by atoms with Crippen LogP contribution in [0.15, 0.2) is 0 Å². The van der Waals surface area contributed by atoms with Gasteiger partial charge >= 0.3 is 0 Å². The quantitative estimate of drug-likeness (QED) is 0.828. The van der Waals surface area contributed by atoms with E-state index in [0.717, 1.165) is 19.4 Å². The second-order valence-corrected chi connectivity index (χ2v) is 6.33. The van der Waals surface area contributed by atoms with Gasteiger partial charge in [-0.25, -0.2) is 0 Å². The van der Waals surface area contributed by atoms with E-state index in [9.17, 15) is 9.59 Å². The average molecular weight is 268 g/mol. The first-order valence-electron chi connectivity index (χ1n) is 7.11. The SMILES string of the molecule is CC(C)CC1NC(=O)CN(C2(C)CCCOC2)C1=O. The van der Waals surface area contributed by atoms with E-state index in [4.69, 9.17) is 4.74 Å². The summed E-state index contributed by atoms with van der Waals surface area (Å²) in [7, 11) is 0. The molecule has 0 aromatic heterocycles. The van der Waals surface area contributed by atoms with Crippen molar-refractivity contribution in [1.82, 2.24) is 10.2 Å². The van der Waals surface area contributed by atoms with Crippen molar-refractivity contribution in [3.05, 3.63) is 0 Å². The molecule has 2 heterocycles. The van der Waals surface area contributed by atoms with Crippen molar-refractivity contribution in [1.29, 1.82) is 0 Å². The van der Waals surface area contributed by atoms with E-state index in [-0.39, 0.29) is 29.9 Å². The topological polar surface area (TPSA) is 58.6 Å². The lowest BCUT2D eigenvalue weighted by atomic mass is 9.89. The molecule has 2 rings (SSSR count). The Morgan fingerprint density at radius 3 is 2.79 bits per heavy atom. The third-order valence-corrected chi connectivity index (χ3v) is 3.98. The van der Waals surface area contributed by atoms with Gasteiger partial charge in [-0.3, -0.25) is 9.59 Å². The number of piperazine rings is 1. The van der Waals surface area contributed by atoms with E-state index in [1.165, 1.54) is 0 Å². The Morgan fingerprint density at radius 2 is 2.21 bits per heavy atom. The summed E-state index contributed by atoms with van der Waals surface area (Å²) in [6.45, 7) is 7.58. The molecular formula is C14H24N2O3. The Hall–Kier alpha value is -1.10. The number of hydrogen-bond acceptors (Lipinski definition) is 3. The second-order valence-electron chi connectivity index (χ2n) is 6.33. The maximum absolute atomic E-state index is 12.6. The lowest BCUT2D eigenvalue weighted by Gasteiger charge is -2.46. The maximum Gasteiger partial charge on any atom is 0.246 e. The van der Waals surface area contributed by atoms with Crippen LogP contribution in [0.3, 0.4) is 0 Å². The van der Waals surface area contributed by atoms with Crippen LogP contribution in [0, 0.1) is 5.92 Å². The van der Waals surface area contributed by atoms with E-state index in [1.54, 1.807) is 4.90 Å². The molecule has 2 unspecified atom stereocenters. The minimum atomic E-state index is -0.375. The van der Waals surface area contributed by atoms with E-state index in [0.29, 0.717) is 18.9 Å². The van der Waals surface area contributed by atoms with E-state index >= 15 is 0 Å². The Bertz CT molecular complexity index is 362. The molecule has 0 aromatic carbocycles. The van der Waals surface area contributed by atoms with Crippen molar-refractivity contribution < 1.29 is 14.3 Å². The number of carbonyl (C=O) groups excluding carboxylic acids is 2. The van der Waals surface area contributed by atoms with Crippen LogP contribution in [-0.4, -0.2) is 48.1 Å². The van der Waals surface area contributed by atoms with Gasteiger partial charge in [0.25, 0.3) is 0 Å². The minimum Gasteiger partial charge on any atom is -0.379 e. The number of hydrogen-bond donors (Lipinski definition) is 1. The molecule has 19 heavy (non-hydrogen) atoms. The molecule has 108 valence electrons. The van der Waals surface area contributed by atoms with Crippen LogP contribution in [-0.2, 0) is 14.3 Å². The molecule has 0 spiro atoms. The second kappa shape index (κ2) is 5.49. The zero-order chi connectivity index (χ0) is 14.0. The number of nitrogens with one attached hydrogen (secondary N) is 1. The monoisotopic (exact) mass is 268 g/mol. The highest BCUT2D eigenvalue weighted by molar-refractivity contribution is 5.95. The highest BCUT2D eigenvalue weighted by atomic mass is 16.5. The van der Waals surface area contributed by atoms with Gasteiger partial charge in [0.2, 0.25) is 11.8 Å². The first-order valence-corrected chi connectivity index (χ1v) is 7.11. The van der Waals surface area contributed by atoms with Gasteiger partial charge in [0.15, 0.2) is 0 Å². The van der Waals surface area contributed by atoms with Gasteiger partial charge in [-0.05, 0) is 32.1 Å². The molecular weight excluding hydrogens is 244 g/mol. The van der Waals surface area contributed by atoms with Crippen LogP contribution >= 0.6 is 0 Å². The number of rotatable bonds is 3. The predicted molar refractivity (Wildman–Crippen MR) is 71.6 cm³/mol. The van der Waals surface area contributed by atoms with Gasteiger partial charge in [-0.1, -0.05) is 13.8 Å². The highest BCUT2D eigenvalue weighted by Crippen LogP contribution is 2.28. The Labute approximate surface area is 114 Å². The smallest absolute Gasteiger partial charge is 0.246 e. The van der Waals surface area contributed by atoms with Crippen molar-refractivity contribution >= 4 is 11.8 Å². The molecule has 5 nitrogen and oxygen atoms in total. The molecule has 2 aliphatic heterocycles. The number of amides is 2. The molecule has 0 aliphatic carbocycles. The first-order chi connectivity index (χ1) is 8.92. The lowest BCUT2D eigenvalue weighted by Crippen LogP contribution is -2.66. The van der Waals surface area contributed by atoms with Gasteiger partial charge in [-0.2, -0.15) is 0 Å². The van der Waals surface area contributed by atoms with Crippen LogP contribution < -0.4 is 5.32 Å². The summed E-state index contributed by atoms with van der Waals surface area (Å²) in [5, 5.41) is 2.81. The first kappa shape index (κ1) is 14.3. The number of ether oxygens (including phenoxy) is 1. The lowest BCUT2D eigenvalue weighted by molar-refractivity contribution is -0.156. The fraction of sp³-hybridized carbons (Fsp3) is 0.857. The molecule has 2 amide bonds. The predicted octanol–water partition coefficient (Wildman–Crippen LogP) is 0.929. The Morgan fingerprint density at radius 1 is 1.47 bits per heavy atom. The minimum absolute atomic E-state index is 0.0429. The average Bonchev–Trinajstić information content (AvgIpc) is 2.33. The Balaban J connectivity index is 2.14. The third kappa shape index (κ3) is 3.08. The van der Waals surface area contributed by atoms with Gasteiger partial charge < -0.3 is 15.0 Å². The van der Waals surface area contributed by atoms with Gasteiger partial charge in [0.1, 0.15) is 12.6 Å². The highest BCUT2D eigenvalue weighted by Gasteiger charge is 2.43. The molecule has 0 saturated carbocycles. The summed E-state index contributed by atoms with van der Waals surface area (Å²) in [5.74, 6) is 0.364. The molecule has 2 atom stereocenters. The standard InChI is InChI=1S/C14H24N2O3/c1-10(2)7-11-13(18)16(8-12(17)15-11)14(3)5-4-6-19-9-14/h10-11H,4-9H2,1-3H3,(H,15,17). The van der Waals surface area contributed by atoms with Crippen molar-refractivity contribution in [3.63, 3.8) is 0 Å².